The molecule has 20 heavy (non-hydrogen) atoms. The molecule has 5 heteroatoms. The summed E-state index contributed by atoms with van der Waals surface area (Å²) < 4.78 is 5.53. The first-order valence-corrected chi connectivity index (χ1v) is 8.36. The monoisotopic (exact) mass is 311 g/mol. The molecule has 1 amide bonds. The number of ether oxygens (including phenoxy) is 1. The van der Waals surface area contributed by atoms with E-state index in [4.69, 9.17) is 16.3 Å². The lowest BCUT2D eigenvalue weighted by atomic mass is 10.0. The van der Waals surface area contributed by atoms with Crippen molar-refractivity contribution in [1.29, 1.82) is 0 Å². The largest absolute Gasteiger partial charge is 0.483 e. The number of thioether (sulfide) groups is 1. The zero-order valence-electron chi connectivity index (χ0n) is 11.7. The van der Waals surface area contributed by atoms with E-state index in [0.29, 0.717) is 23.9 Å². The number of amides is 1. The third-order valence-electron chi connectivity index (χ3n) is 3.16. The molecule has 0 N–H and O–H groups in total. The standard InChI is InChI=1S/C15H18ClNO2S/c1-3-17-14(5-4-6-15(17)18)12-8-7-11(9-13(12)16)19-10-20-2/h5,7-9H,3-4,6,10H2,1-2H3. The second kappa shape index (κ2) is 7.04. The molecule has 0 atom stereocenters. The summed E-state index contributed by atoms with van der Waals surface area (Å²) in [4.78, 5) is 13.7. The molecule has 1 aromatic carbocycles. The molecular formula is C15H18ClNO2S. The molecule has 0 saturated heterocycles. The maximum Gasteiger partial charge on any atom is 0.227 e. The molecule has 2 rings (SSSR count). The van der Waals surface area contributed by atoms with Crippen LogP contribution in [0.1, 0.15) is 25.3 Å². The SMILES string of the molecule is CCN1C(=O)CCC=C1c1ccc(OCSC)cc1Cl. The Balaban J connectivity index is 2.28. The highest BCUT2D eigenvalue weighted by Gasteiger charge is 2.22. The molecular weight excluding hydrogens is 294 g/mol. The van der Waals surface area contributed by atoms with E-state index < -0.39 is 0 Å². The summed E-state index contributed by atoms with van der Waals surface area (Å²) in [6, 6.07) is 5.62. The maximum absolute atomic E-state index is 11.9. The molecule has 0 bridgehead atoms. The van der Waals surface area contributed by atoms with Crippen LogP contribution in [0.2, 0.25) is 5.02 Å². The quantitative estimate of drug-likeness (QED) is 0.769. The van der Waals surface area contributed by atoms with E-state index in [2.05, 4.69) is 6.08 Å². The Morgan fingerprint density at radius 3 is 2.90 bits per heavy atom. The van der Waals surface area contributed by atoms with Crippen molar-refractivity contribution in [2.45, 2.75) is 19.8 Å². The van der Waals surface area contributed by atoms with Crippen LogP contribution < -0.4 is 4.74 Å². The predicted molar refractivity (Wildman–Crippen MR) is 85.1 cm³/mol. The van der Waals surface area contributed by atoms with Crippen molar-refractivity contribution < 1.29 is 9.53 Å². The van der Waals surface area contributed by atoms with Gasteiger partial charge in [0.1, 0.15) is 11.7 Å². The van der Waals surface area contributed by atoms with Gasteiger partial charge in [-0.2, -0.15) is 0 Å². The van der Waals surface area contributed by atoms with Crippen molar-refractivity contribution in [3.63, 3.8) is 0 Å². The number of halogens is 1. The molecule has 3 nitrogen and oxygen atoms in total. The third-order valence-corrected chi connectivity index (χ3v) is 3.83. The van der Waals surface area contributed by atoms with E-state index in [1.54, 1.807) is 22.7 Å². The topological polar surface area (TPSA) is 29.5 Å². The number of benzene rings is 1. The smallest absolute Gasteiger partial charge is 0.227 e. The van der Waals surface area contributed by atoms with Crippen molar-refractivity contribution in [1.82, 2.24) is 4.90 Å². The van der Waals surface area contributed by atoms with Crippen LogP contribution >= 0.6 is 23.4 Å². The Bertz CT molecular complexity index is 531. The minimum absolute atomic E-state index is 0.156. The molecule has 1 aromatic rings. The van der Waals surface area contributed by atoms with Crippen LogP contribution in [0, 0.1) is 0 Å². The van der Waals surface area contributed by atoms with Crippen LogP contribution in [0.25, 0.3) is 5.70 Å². The molecule has 1 aliphatic heterocycles. The number of carbonyl (C=O) groups excluding carboxylic acids is 1. The van der Waals surface area contributed by atoms with Crippen molar-refractivity contribution in [3.8, 4) is 5.75 Å². The fourth-order valence-electron chi connectivity index (χ4n) is 2.23. The van der Waals surface area contributed by atoms with Gasteiger partial charge in [-0.3, -0.25) is 4.79 Å². The molecule has 1 aliphatic rings. The molecule has 1 heterocycles. The molecule has 0 spiro atoms. The summed E-state index contributed by atoms with van der Waals surface area (Å²) >= 11 is 7.96. The van der Waals surface area contributed by atoms with E-state index in [-0.39, 0.29) is 5.91 Å². The van der Waals surface area contributed by atoms with E-state index in [9.17, 15) is 4.79 Å². The van der Waals surface area contributed by atoms with Crippen LogP contribution in [0.4, 0.5) is 0 Å². The average molecular weight is 312 g/mol. The van der Waals surface area contributed by atoms with Gasteiger partial charge in [0.15, 0.2) is 0 Å². The molecule has 0 fully saturated rings. The number of allylic oxidation sites excluding steroid dienone is 1. The van der Waals surface area contributed by atoms with Crippen LogP contribution in [0.15, 0.2) is 24.3 Å². The molecule has 0 unspecified atom stereocenters. The van der Waals surface area contributed by atoms with Gasteiger partial charge in [0.25, 0.3) is 0 Å². The average Bonchev–Trinajstić information content (AvgIpc) is 2.45. The Labute approximate surface area is 128 Å². The fourth-order valence-corrected chi connectivity index (χ4v) is 2.76. The highest BCUT2D eigenvalue weighted by Crippen LogP contribution is 2.33. The third kappa shape index (κ3) is 3.30. The van der Waals surface area contributed by atoms with E-state index in [1.807, 2.05) is 25.3 Å². The van der Waals surface area contributed by atoms with E-state index in [0.717, 1.165) is 23.4 Å². The van der Waals surface area contributed by atoms with Gasteiger partial charge in [0.2, 0.25) is 5.91 Å². The molecule has 0 radical (unpaired) electrons. The van der Waals surface area contributed by atoms with Gasteiger partial charge >= 0.3 is 0 Å². The summed E-state index contributed by atoms with van der Waals surface area (Å²) in [5.41, 5.74) is 1.79. The Kier molecular flexibility index (Phi) is 5.38. The lowest BCUT2D eigenvalue weighted by Gasteiger charge is -2.28. The highest BCUT2D eigenvalue weighted by atomic mass is 35.5. The number of carbonyl (C=O) groups is 1. The summed E-state index contributed by atoms with van der Waals surface area (Å²) in [7, 11) is 0. The van der Waals surface area contributed by atoms with Crippen molar-refractivity contribution in [3.05, 3.63) is 34.9 Å². The van der Waals surface area contributed by atoms with Gasteiger partial charge in [-0.1, -0.05) is 17.7 Å². The molecule has 0 aromatic heterocycles. The molecule has 108 valence electrons. The normalized spacial score (nSPS) is 15.2. The van der Waals surface area contributed by atoms with E-state index >= 15 is 0 Å². The van der Waals surface area contributed by atoms with E-state index in [1.165, 1.54) is 0 Å². The van der Waals surface area contributed by atoms with Gasteiger partial charge in [0.05, 0.1) is 5.02 Å². The van der Waals surface area contributed by atoms with Crippen molar-refractivity contribution in [2.24, 2.45) is 0 Å². The predicted octanol–water partition coefficient (Wildman–Crippen LogP) is 4.02. The fraction of sp³-hybridized carbons (Fsp3) is 0.400. The first-order valence-electron chi connectivity index (χ1n) is 6.59. The van der Waals surface area contributed by atoms with Crippen molar-refractivity contribution in [2.75, 3.05) is 18.7 Å². The van der Waals surface area contributed by atoms with Gasteiger partial charge in [-0.25, -0.2) is 0 Å². The maximum atomic E-state index is 11.9. The van der Waals surface area contributed by atoms with Crippen molar-refractivity contribution >= 4 is 35.0 Å². The summed E-state index contributed by atoms with van der Waals surface area (Å²) in [6.45, 7) is 2.63. The zero-order chi connectivity index (χ0) is 14.5. The van der Waals surface area contributed by atoms with Crippen LogP contribution in [0.5, 0.6) is 5.75 Å². The lowest BCUT2D eigenvalue weighted by molar-refractivity contribution is -0.128. The summed E-state index contributed by atoms with van der Waals surface area (Å²) in [5.74, 6) is 1.50. The van der Waals surface area contributed by atoms with Gasteiger partial charge in [-0.15, -0.1) is 11.8 Å². The number of nitrogens with zero attached hydrogens (tertiary/aromatic N) is 1. The first kappa shape index (κ1) is 15.3. The zero-order valence-corrected chi connectivity index (χ0v) is 13.3. The van der Waals surface area contributed by atoms with Gasteiger partial charge in [0, 0.05) is 24.2 Å². The summed E-state index contributed by atoms with van der Waals surface area (Å²) in [6.07, 6.45) is 5.40. The Morgan fingerprint density at radius 2 is 2.25 bits per heavy atom. The minimum atomic E-state index is 0.156. The Hall–Kier alpha value is -1.13. The number of hydrogen-bond donors (Lipinski definition) is 0. The van der Waals surface area contributed by atoms with Crippen LogP contribution in [-0.4, -0.2) is 29.5 Å². The van der Waals surface area contributed by atoms with Gasteiger partial charge in [-0.05, 0) is 37.8 Å². The second-order valence-electron chi connectivity index (χ2n) is 4.46. The van der Waals surface area contributed by atoms with Gasteiger partial charge < -0.3 is 9.64 Å². The Morgan fingerprint density at radius 1 is 1.45 bits per heavy atom. The molecule has 0 saturated carbocycles. The van der Waals surface area contributed by atoms with Crippen LogP contribution in [0.3, 0.4) is 0 Å². The van der Waals surface area contributed by atoms with Crippen LogP contribution in [-0.2, 0) is 4.79 Å². The minimum Gasteiger partial charge on any atom is -0.483 e. The lowest BCUT2D eigenvalue weighted by Crippen LogP contribution is -2.31. The highest BCUT2D eigenvalue weighted by molar-refractivity contribution is 7.98. The number of hydrogen-bond acceptors (Lipinski definition) is 3. The molecule has 0 aliphatic carbocycles. The number of rotatable bonds is 5. The second-order valence-corrected chi connectivity index (χ2v) is 5.68. The first-order chi connectivity index (χ1) is 9.67. The summed E-state index contributed by atoms with van der Waals surface area (Å²) in [5, 5.41) is 0.614.